The number of hydrogen-bond acceptors (Lipinski definition) is 4. The first-order valence-corrected chi connectivity index (χ1v) is 5.70. The number of allylic oxidation sites excluding steroid dienone is 1. The van der Waals surface area contributed by atoms with Gasteiger partial charge in [0.15, 0.2) is 0 Å². The van der Waals surface area contributed by atoms with Crippen molar-refractivity contribution in [1.29, 1.82) is 10.5 Å². The molecular formula is C14H13N3O. The van der Waals surface area contributed by atoms with Crippen molar-refractivity contribution >= 4 is 5.69 Å². The minimum absolute atomic E-state index is 0.243. The van der Waals surface area contributed by atoms with Crippen molar-refractivity contribution in [1.82, 2.24) is 0 Å². The monoisotopic (exact) mass is 239 g/mol. The molecule has 0 N–H and O–H groups in total. The molecule has 1 aliphatic heterocycles. The molecule has 0 aromatic heterocycles. The van der Waals surface area contributed by atoms with Crippen LogP contribution in [0.25, 0.3) is 0 Å². The Labute approximate surface area is 106 Å². The standard InChI is InChI=1S/C14H13N3O/c1-18-14-5-3-2-4-13(14)17-7-6-11(10-17)12(8-15)9-16/h2-5H,6-7,10H2,1H3. The molecule has 0 atom stereocenters. The highest BCUT2D eigenvalue weighted by Gasteiger charge is 2.22. The van der Waals surface area contributed by atoms with Gasteiger partial charge in [-0.15, -0.1) is 0 Å². The van der Waals surface area contributed by atoms with E-state index in [9.17, 15) is 0 Å². The van der Waals surface area contributed by atoms with Crippen LogP contribution in [-0.2, 0) is 0 Å². The zero-order chi connectivity index (χ0) is 13.0. The smallest absolute Gasteiger partial charge is 0.142 e. The molecule has 1 heterocycles. The van der Waals surface area contributed by atoms with Crippen LogP contribution in [0.5, 0.6) is 5.75 Å². The van der Waals surface area contributed by atoms with Crippen molar-refractivity contribution in [3.63, 3.8) is 0 Å². The average Bonchev–Trinajstić information content (AvgIpc) is 2.89. The summed E-state index contributed by atoms with van der Waals surface area (Å²) in [5, 5.41) is 17.7. The molecular weight excluding hydrogens is 226 g/mol. The van der Waals surface area contributed by atoms with Crippen molar-refractivity contribution in [2.45, 2.75) is 6.42 Å². The van der Waals surface area contributed by atoms with Gasteiger partial charge >= 0.3 is 0 Å². The fraction of sp³-hybridized carbons (Fsp3) is 0.286. The quantitative estimate of drug-likeness (QED) is 0.743. The van der Waals surface area contributed by atoms with E-state index in [0.717, 1.165) is 30.0 Å². The normalized spacial score (nSPS) is 13.9. The number of ether oxygens (including phenoxy) is 1. The van der Waals surface area contributed by atoms with Crippen LogP contribution in [0.4, 0.5) is 5.69 Å². The summed E-state index contributed by atoms with van der Waals surface area (Å²) >= 11 is 0. The SMILES string of the molecule is COc1ccccc1N1CCC(=C(C#N)C#N)C1. The van der Waals surface area contributed by atoms with Crippen molar-refractivity contribution in [2.24, 2.45) is 0 Å². The van der Waals surface area contributed by atoms with E-state index in [0.29, 0.717) is 6.54 Å². The lowest BCUT2D eigenvalue weighted by Crippen LogP contribution is -2.18. The summed E-state index contributed by atoms with van der Waals surface area (Å²) in [6.45, 7) is 1.43. The molecule has 1 fully saturated rings. The number of anilines is 1. The zero-order valence-corrected chi connectivity index (χ0v) is 10.2. The molecule has 0 radical (unpaired) electrons. The van der Waals surface area contributed by atoms with E-state index in [-0.39, 0.29) is 5.57 Å². The number of rotatable bonds is 2. The lowest BCUT2D eigenvalue weighted by molar-refractivity contribution is 0.415. The van der Waals surface area contributed by atoms with Crippen LogP contribution in [0.2, 0.25) is 0 Å². The second kappa shape index (κ2) is 5.25. The van der Waals surface area contributed by atoms with Crippen LogP contribution in [-0.4, -0.2) is 20.2 Å². The summed E-state index contributed by atoms with van der Waals surface area (Å²) in [5.74, 6) is 0.814. The highest BCUT2D eigenvalue weighted by molar-refractivity contribution is 5.61. The van der Waals surface area contributed by atoms with E-state index in [1.165, 1.54) is 0 Å². The van der Waals surface area contributed by atoms with Gasteiger partial charge in [-0.1, -0.05) is 12.1 Å². The minimum Gasteiger partial charge on any atom is -0.495 e. The first kappa shape index (κ1) is 12.0. The van der Waals surface area contributed by atoms with Crippen LogP contribution in [0.1, 0.15) is 6.42 Å². The lowest BCUT2D eigenvalue weighted by Gasteiger charge is -2.19. The summed E-state index contributed by atoms with van der Waals surface area (Å²) in [7, 11) is 1.64. The van der Waals surface area contributed by atoms with E-state index in [4.69, 9.17) is 15.3 Å². The molecule has 0 saturated carbocycles. The highest BCUT2D eigenvalue weighted by Crippen LogP contribution is 2.32. The van der Waals surface area contributed by atoms with Crippen LogP contribution >= 0.6 is 0 Å². The maximum Gasteiger partial charge on any atom is 0.142 e. The summed E-state index contributed by atoms with van der Waals surface area (Å²) in [5.41, 5.74) is 2.16. The third-order valence-electron chi connectivity index (χ3n) is 3.07. The van der Waals surface area contributed by atoms with Gasteiger partial charge in [0.05, 0.1) is 12.8 Å². The maximum atomic E-state index is 8.87. The number of nitrogens with zero attached hydrogens (tertiary/aromatic N) is 3. The Balaban J connectivity index is 2.27. The van der Waals surface area contributed by atoms with Crippen molar-refractivity contribution in [3.8, 4) is 17.9 Å². The molecule has 4 heteroatoms. The summed E-state index contributed by atoms with van der Waals surface area (Å²) < 4.78 is 5.32. The van der Waals surface area contributed by atoms with E-state index < -0.39 is 0 Å². The highest BCUT2D eigenvalue weighted by atomic mass is 16.5. The van der Waals surface area contributed by atoms with Crippen LogP contribution < -0.4 is 9.64 Å². The largest absolute Gasteiger partial charge is 0.495 e. The predicted octanol–water partition coefficient (Wildman–Crippen LogP) is 2.25. The third-order valence-corrected chi connectivity index (χ3v) is 3.07. The van der Waals surface area contributed by atoms with Gasteiger partial charge in [-0.3, -0.25) is 0 Å². The number of nitriles is 2. The van der Waals surface area contributed by atoms with Gasteiger partial charge in [-0.05, 0) is 24.1 Å². The van der Waals surface area contributed by atoms with Crippen LogP contribution in [0.3, 0.4) is 0 Å². The van der Waals surface area contributed by atoms with Gasteiger partial charge in [0, 0.05) is 13.1 Å². The molecule has 2 rings (SSSR count). The first-order chi connectivity index (χ1) is 8.80. The Morgan fingerprint density at radius 1 is 1.28 bits per heavy atom. The molecule has 4 nitrogen and oxygen atoms in total. The fourth-order valence-corrected chi connectivity index (χ4v) is 2.14. The van der Waals surface area contributed by atoms with E-state index in [2.05, 4.69) is 4.90 Å². The Kier molecular flexibility index (Phi) is 3.50. The lowest BCUT2D eigenvalue weighted by atomic mass is 10.1. The second-order valence-electron chi connectivity index (χ2n) is 4.05. The number of methoxy groups -OCH3 is 1. The molecule has 1 saturated heterocycles. The predicted molar refractivity (Wildman–Crippen MR) is 68.1 cm³/mol. The molecule has 0 aliphatic carbocycles. The molecule has 1 aliphatic rings. The Morgan fingerprint density at radius 2 is 2.00 bits per heavy atom. The summed E-state index contributed by atoms with van der Waals surface area (Å²) in [6, 6.07) is 11.7. The maximum absolute atomic E-state index is 8.87. The van der Waals surface area contributed by atoms with Crippen LogP contribution in [0, 0.1) is 22.7 Å². The molecule has 1 aromatic rings. The van der Waals surface area contributed by atoms with Gasteiger partial charge in [0.1, 0.15) is 23.5 Å². The minimum atomic E-state index is 0.243. The summed E-state index contributed by atoms with van der Waals surface area (Å²) in [4.78, 5) is 2.13. The van der Waals surface area contributed by atoms with E-state index >= 15 is 0 Å². The number of benzene rings is 1. The molecule has 0 spiro atoms. The molecule has 0 bridgehead atoms. The average molecular weight is 239 g/mol. The zero-order valence-electron chi connectivity index (χ0n) is 10.2. The molecule has 18 heavy (non-hydrogen) atoms. The van der Waals surface area contributed by atoms with Gasteiger partial charge in [0.25, 0.3) is 0 Å². The van der Waals surface area contributed by atoms with Gasteiger partial charge in [0.2, 0.25) is 0 Å². The van der Waals surface area contributed by atoms with E-state index in [1.54, 1.807) is 7.11 Å². The molecule has 0 amide bonds. The number of hydrogen-bond donors (Lipinski definition) is 0. The van der Waals surface area contributed by atoms with Crippen LogP contribution in [0.15, 0.2) is 35.4 Å². The Bertz CT molecular complexity index is 547. The van der Waals surface area contributed by atoms with Gasteiger partial charge < -0.3 is 9.64 Å². The Morgan fingerprint density at radius 3 is 2.67 bits per heavy atom. The van der Waals surface area contributed by atoms with Crippen molar-refractivity contribution in [3.05, 3.63) is 35.4 Å². The fourth-order valence-electron chi connectivity index (χ4n) is 2.14. The third kappa shape index (κ3) is 2.14. The van der Waals surface area contributed by atoms with Crippen molar-refractivity contribution < 1.29 is 4.74 Å². The van der Waals surface area contributed by atoms with Gasteiger partial charge in [-0.25, -0.2) is 0 Å². The molecule has 1 aromatic carbocycles. The Hall–Kier alpha value is -2.46. The van der Waals surface area contributed by atoms with Gasteiger partial charge in [-0.2, -0.15) is 10.5 Å². The first-order valence-electron chi connectivity index (χ1n) is 5.70. The topological polar surface area (TPSA) is 60.0 Å². The number of para-hydroxylation sites is 2. The molecule has 0 unspecified atom stereocenters. The summed E-state index contributed by atoms with van der Waals surface area (Å²) in [6.07, 6.45) is 0.758. The van der Waals surface area contributed by atoms with Crippen molar-refractivity contribution in [2.75, 3.05) is 25.1 Å². The van der Waals surface area contributed by atoms with E-state index in [1.807, 2.05) is 36.4 Å². The second-order valence-corrected chi connectivity index (χ2v) is 4.05. The molecule has 90 valence electrons.